The summed E-state index contributed by atoms with van der Waals surface area (Å²) in [7, 11) is 0. The van der Waals surface area contributed by atoms with Gasteiger partial charge in [-0.25, -0.2) is 4.79 Å². The number of ether oxygens (including phenoxy) is 1. The first-order chi connectivity index (χ1) is 15.0. The predicted molar refractivity (Wildman–Crippen MR) is 122 cm³/mol. The molecule has 1 aliphatic heterocycles. The van der Waals surface area contributed by atoms with E-state index in [4.69, 9.17) is 4.74 Å². The van der Waals surface area contributed by atoms with E-state index >= 15 is 0 Å². The number of nitrogens with zero attached hydrogens (tertiary/aromatic N) is 1. The van der Waals surface area contributed by atoms with Gasteiger partial charge in [0.1, 0.15) is 11.8 Å². The highest BCUT2D eigenvalue weighted by Gasteiger charge is 2.20. The third-order valence-corrected chi connectivity index (χ3v) is 5.52. The number of aliphatic carboxylic acids is 1. The molecule has 1 fully saturated rings. The highest BCUT2D eigenvalue weighted by Crippen LogP contribution is 2.23. The van der Waals surface area contributed by atoms with Crippen molar-refractivity contribution < 1.29 is 19.4 Å². The number of benzene rings is 2. The lowest BCUT2D eigenvalue weighted by Crippen LogP contribution is -2.43. The lowest BCUT2D eigenvalue weighted by molar-refractivity contribution is -0.141. The van der Waals surface area contributed by atoms with Crippen LogP contribution in [0.3, 0.4) is 0 Å². The van der Waals surface area contributed by atoms with Crippen molar-refractivity contribution in [3.05, 3.63) is 42.0 Å². The minimum absolute atomic E-state index is 0.227. The Bertz CT molecular complexity index is 880. The average molecular weight is 428 g/mol. The van der Waals surface area contributed by atoms with E-state index in [0.29, 0.717) is 19.4 Å². The Morgan fingerprint density at radius 1 is 1.16 bits per heavy atom. The maximum atomic E-state index is 11.8. The highest BCUT2D eigenvalue weighted by molar-refractivity contribution is 5.86. The van der Waals surface area contributed by atoms with Crippen LogP contribution >= 0.6 is 0 Å². The molecule has 3 N–H and O–H groups in total. The Morgan fingerprint density at radius 3 is 2.65 bits per heavy atom. The van der Waals surface area contributed by atoms with Crippen molar-refractivity contribution in [2.45, 2.75) is 38.6 Å². The number of amides is 1. The maximum absolute atomic E-state index is 11.8. The number of carboxylic acids is 1. The Morgan fingerprint density at radius 2 is 1.90 bits per heavy atom. The fourth-order valence-electron chi connectivity index (χ4n) is 3.83. The van der Waals surface area contributed by atoms with Crippen molar-refractivity contribution in [1.82, 2.24) is 15.5 Å². The number of rotatable bonds is 11. The first kappa shape index (κ1) is 23.0. The minimum Gasteiger partial charge on any atom is -0.494 e. The summed E-state index contributed by atoms with van der Waals surface area (Å²) in [6, 6.07) is 10.9. The van der Waals surface area contributed by atoms with Crippen LogP contribution < -0.4 is 15.4 Å². The zero-order valence-electron chi connectivity index (χ0n) is 18.2. The van der Waals surface area contributed by atoms with E-state index in [-0.39, 0.29) is 12.3 Å². The van der Waals surface area contributed by atoms with Gasteiger partial charge in [-0.15, -0.1) is 0 Å². The van der Waals surface area contributed by atoms with Crippen molar-refractivity contribution in [3.8, 4) is 5.75 Å². The predicted octanol–water partition coefficient (Wildman–Crippen LogP) is 2.43. The molecule has 0 saturated carbocycles. The second-order valence-electron chi connectivity index (χ2n) is 8.05. The molecular formula is C24H33N3O4. The van der Waals surface area contributed by atoms with Gasteiger partial charge in [-0.2, -0.15) is 0 Å². The van der Waals surface area contributed by atoms with Crippen molar-refractivity contribution in [2.75, 3.05) is 39.3 Å². The van der Waals surface area contributed by atoms with Crippen molar-refractivity contribution in [3.63, 3.8) is 0 Å². The Labute approximate surface area is 183 Å². The molecule has 1 atom stereocenters. The maximum Gasteiger partial charge on any atom is 0.326 e. The summed E-state index contributed by atoms with van der Waals surface area (Å²) in [4.78, 5) is 25.8. The summed E-state index contributed by atoms with van der Waals surface area (Å²) in [5, 5.41) is 17.5. The third kappa shape index (κ3) is 7.22. The van der Waals surface area contributed by atoms with Crippen molar-refractivity contribution in [2.24, 2.45) is 0 Å². The molecule has 7 heteroatoms. The number of nitrogens with one attached hydrogen (secondary N) is 2. The van der Waals surface area contributed by atoms with E-state index in [2.05, 4.69) is 15.5 Å². The molecule has 0 bridgehead atoms. The summed E-state index contributed by atoms with van der Waals surface area (Å²) < 4.78 is 5.93. The molecular weight excluding hydrogens is 394 g/mol. The van der Waals surface area contributed by atoms with Gasteiger partial charge >= 0.3 is 5.97 Å². The molecule has 7 nitrogen and oxygen atoms in total. The number of carbonyl (C=O) groups is 2. The number of hydrogen-bond donors (Lipinski definition) is 3. The van der Waals surface area contributed by atoms with E-state index in [0.717, 1.165) is 61.2 Å². The third-order valence-electron chi connectivity index (χ3n) is 5.52. The quantitative estimate of drug-likeness (QED) is 0.477. The van der Waals surface area contributed by atoms with Crippen LogP contribution in [0, 0.1) is 0 Å². The molecule has 168 valence electrons. The molecule has 2 aromatic rings. The summed E-state index contributed by atoms with van der Waals surface area (Å²) >= 11 is 0. The Kier molecular flexibility index (Phi) is 8.67. The zero-order valence-corrected chi connectivity index (χ0v) is 18.2. The van der Waals surface area contributed by atoms with Crippen LogP contribution in [0.4, 0.5) is 0 Å². The molecule has 0 spiro atoms. The molecule has 2 aromatic carbocycles. The van der Waals surface area contributed by atoms with Crippen LogP contribution in [0.1, 0.15) is 31.7 Å². The Hall–Kier alpha value is -2.64. The minimum atomic E-state index is -1.02. The summed E-state index contributed by atoms with van der Waals surface area (Å²) in [5.41, 5.74) is 0.876. The highest BCUT2D eigenvalue weighted by atomic mass is 16.5. The summed E-state index contributed by atoms with van der Waals surface area (Å²) in [6.45, 7) is 7.96. The molecule has 1 amide bonds. The van der Waals surface area contributed by atoms with Gasteiger partial charge in [0.2, 0.25) is 5.91 Å². The second kappa shape index (κ2) is 11.7. The van der Waals surface area contributed by atoms with E-state index < -0.39 is 12.0 Å². The average Bonchev–Trinajstić information content (AvgIpc) is 2.77. The van der Waals surface area contributed by atoms with Crippen molar-refractivity contribution in [1.29, 1.82) is 0 Å². The molecule has 1 saturated heterocycles. The van der Waals surface area contributed by atoms with Crippen LogP contribution in [0.2, 0.25) is 0 Å². The smallest absolute Gasteiger partial charge is 0.326 e. The van der Waals surface area contributed by atoms with E-state index in [1.54, 1.807) is 0 Å². The number of carbonyl (C=O) groups excluding carboxylic acids is 1. The zero-order chi connectivity index (χ0) is 22.1. The van der Waals surface area contributed by atoms with Crippen LogP contribution in [0.5, 0.6) is 5.75 Å². The lowest BCUT2D eigenvalue weighted by atomic mass is 10.0. The van der Waals surface area contributed by atoms with Crippen LogP contribution in [-0.4, -0.2) is 67.3 Å². The van der Waals surface area contributed by atoms with E-state index in [1.807, 2.05) is 43.3 Å². The van der Waals surface area contributed by atoms with Gasteiger partial charge in [0.05, 0.1) is 6.61 Å². The summed E-state index contributed by atoms with van der Waals surface area (Å²) in [6.07, 6.45) is 2.27. The van der Waals surface area contributed by atoms with E-state index in [9.17, 15) is 14.7 Å². The van der Waals surface area contributed by atoms with Gasteiger partial charge in [0.15, 0.2) is 0 Å². The van der Waals surface area contributed by atoms with Crippen LogP contribution in [0.25, 0.3) is 10.8 Å². The lowest BCUT2D eigenvalue weighted by Gasteiger charge is -2.26. The SMILES string of the molecule is CCCC(=O)NC(Cc1ccc2cc(OCCCN3CCNCC3)ccc2c1)C(=O)O. The molecule has 0 radical (unpaired) electrons. The van der Waals surface area contributed by atoms with Crippen LogP contribution in [0.15, 0.2) is 36.4 Å². The monoisotopic (exact) mass is 427 g/mol. The van der Waals surface area contributed by atoms with E-state index in [1.165, 1.54) is 0 Å². The number of fused-ring (bicyclic) bond motifs is 1. The molecule has 1 heterocycles. The van der Waals surface area contributed by atoms with Gasteiger partial charge in [0, 0.05) is 45.6 Å². The summed E-state index contributed by atoms with van der Waals surface area (Å²) in [5.74, 6) is -0.403. The fraction of sp³-hybridized carbons (Fsp3) is 0.500. The molecule has 3 rings (SSSR count). The Balaban J connectivity index is 1.54. The van der Waals surface area contributed by atoms with Gasteiger partial charge in [-0.3, -0.25) is 4.79 Å². The fourth-order valence-corrected chi connectivity index (χ4v) is 3.83. The van der Waals surface area contributed by atoms with Gasteiger partial charge in [0.25, 0.3) is 0 Å². The molecule has 0 aromatic heterocycles. The largest absolute Gasteiger partial charge is 0.494 e. The standard InChI is InChI=1S/C24H33N3O4/c1-2-4-23(28)26-22(24(29)30)16-18-5-6-20-17-21(8-7-19(20)15-18)31-14-3-11-27-12-9-25-10-13-27/h5-8,15,17,22,25H,2-4,9-14,16H2,1H3,(H,26,28)(H,29,30). The molecule has 0 aliphatic carbocycles. The number of carboxylic acid groups (broad SMARTS) is 1. The number of hydrogen-bond acceptors (Lipinski definition) is 5. The first-order valence-electron chi connectivity index (χ1n) is 11.2. The molecule has 31 heavy (non-hydrogen) atoms. The first-order valence-corrected chi connectivity index (χ1v) is 11.2. The van der Waals surface area contributed by atoms with Gasteiger partial charge < -0.3 is 25.4 Å². The van der Waals surface area contributed by atoms with Gasteiger partial charge in [-0.1, -0.05) is 31.2 Å². The normalized spacial score (nSPS) is 15.5. The number of piperazine rings is 1. The topological polar surface area (TPSA) is 90.9 Å². The molecule has 1 unspecified atom stereocenters. The second-order valence-corrected chi connectivity index (χ2v) is 8.05. The van der Waals surface area contributed by atoms with Crippen LogP contribution in [-0.2, 0) is 16.0 Å². The van der Waals surface area contributed by atoms with Gasteiger partial charge in [-0.05, 0) is 41.3 Å². The molecule has 1 aliphatic rings. The van der Waals surface area contributed by atoms with Crippen molar-refractivity contribution >= 4 is 22.6 Å².